The smallest absolute Gasteiger partial charge is 0.227 e. The number of piperazine rings is 1. The van der Waals surface area contributed by atoms with Gasteiger partial charge >= 0.3 is 0 Å². The Morgan fingerprint density at radius 2 is 1.79 bits per heavy atom. The molecule has 0 radical (unpaired) electrons. The molecule has 10 nitrogen and oxygen atoms in total. The van der Waals surface area contributed by atoms with Gasteiger partial charge in [0.1, 0.15) is 17.9 Å². The summed E-state index contributed by atoms with van der Waals surface area (Å²) in [6.07, 6.45) is 4.35. The number of ether oxygens (including phenoxy) is 4. The largest absolute Gasteiger partial charge is 0.493 e. The van der Waals surface area contributed by atoms with Gasteiger partial charge in [0.2, 0.25) is 5.95 Å². The first-order valence-electron chi connectivity index (χ1n) is 14.8. The van der Waals surface area contributed by atoms with E-state index in [1.807, 2.05) is 42.5 Å². The fourth-order valence-electron chi connectivity index (χ4n) is 5.23. The molecular weight excluding hydrogens is 532 g/mol. The van der Waals surface area contributed by atoms with Crippen molar-refractivity contribution >= 4 is 11.6 Å². The minimum Gasteiger partial charge on any atom is -0.493 e. The maximum atomic E-state index is 9.77. The van der Waals surface area contributed by atoms with Gasteiger partial charge < -0.3 is 34.1 Å². The number of likely N-dealkylation sites (N-methyl/N-ethyl adjacent to an activating group) is 1. The number of nitrogens with zero attached hydrogens (tertiary/aromatic N) is 5. The van der Waals surface area contributed by atoms with E-state index in [0.29, 0.717) is 54.3 Å². The third-order valence-corrected chi connectivity index (χ3v) is 7.72. The first-order chi connectivity index (χ1) is 20.6. The fraction of sp³-hybridized carbons (Fsp3) is 0.469. The molecule has 3 heterocycles. The predicted octanol–water partition coefficient (Wildman–Crippen LogP) is 4.73. The third kappa shape index (κ3) is 7.88. The summed E-state index contributed by atoms with van der Waals surface area (Å²) in [6.45, 7) is 10.8. The van der Waals surface area contributed by atoms with Crippen molar-refractivity contribution in [2.75, 3.05) is 71.5 Å². The van der Waals surface area contributed by atoms with Gasteiger partial charge in [-0.3, -0.25) is 0 Å². The molecule has 0 bridgehead atoms. The standard InChI is InChI=1S/C32H40N6O4/c1-3-37-14-16-38(17-15-37)13-4-18-41-31-22-26(6-8-30(31)39-2)35-32-34-12-9-28(36-32)24-5-7-29(25(21-24)23-33)42-27-10-19-40-20-11-27/h5-9,12,21-22,27H,3-4,10-11,13-20H2,1-2H3,(H,34,35,36). The molecule has 0 unspecified atom stereocenters. The van der Waals surface area contributed by atoms with Crippen LogP contribution in [0.4, 0.5) is 11.6 Å². The molecule has 222 valence electrons. The highest BCUT2D eigenvalue weighted by atomic mass is 16.5. The van der Waals surface area contributed by atoms with E-state index < -0.39 is 0 Å². The molecule has 0 spiro atoms. The maximum Gasteiger partial charge on any atom is 0.227 e. The number of anilines is 2. The molecule has 2 aliphatic heterocycles. The minimum absolute atomic E-state index is 0.0617. The second-order valence-electron chi connectivity index (χ2n) is 10.5. The highest BCUT2D eigenvalue weighted by Gasteiger charge is 2.18. The number of nitriles is 1. The van der Waals surface area contributed by atoms with Crippen LogP contribution in [0.3, 0.4) is 0 Å². The highest BCUT2D eigenvalue weighted by molar-refractivity contribution is 5.66. The number of hydrogen-bond acceptors (Lipinski definition) is 10. The van der Waals surface area contributed by atoms with Gasteiger partial charge in [0.05, 0.1) is 38.2 Å². The second-order valence-corrected chi connectivity index (χ2v) is 10.5. The van der Waals surface area contributed by atoms with Crippen LogP contribution in [0.25, 0.3) is 11.3 Å². The molecule has 2 fully saturated rings. The first kappa shape index (κ1) is 29.6. The van der Waals surface area contributed by atoms with Crippen molar-refractivity contribution in [1.82, 2.24) is 19.8 Å². The Morgan fingerprint density at radius 3 is 2.55 bits per heavy atom. The number of nitrogens with one attached hydrogen (secondary N) is 1. The Bertz CT molecular complexity index is 1350. The van der Waals surface area contributed by atoms with E-state index in [9.17, 15) is 5.26 Å². The van der Waals surface area contributed by atoms with E-state index in [1.165, 1.54) is 0 Å². The molecule has 0 aliphatic carbocycles. The van der Waals surface area contributed by atoms with Crippen LogP contribution in [-0.2, 0) is 4.74 Å². The Balaban J connectivity index is 1.20. The summed E-state index contributed by atoms with van der Waals surface area (Å²) in [7, 11) is 1.64. The van der Waals surface area contributed by atoms with Crippen LogP contribution in [0.15, 0.2) is 48.7 Å². The van der Waals surface area contributed by atoms with E-state index in [2.05, 4.69) is 33.1 Å². The lowest BCUT2D eigenvalue weighted by atomic mass is 10.1. The zero-order valence-corrected chi connectivity index (χ0v) is 24.6. The van der Waals surface area contributed by atoms with Crippen molar-refractivity contribution in [3.8, 4) is 34.6 Å². The topological polar surface area (TPSA) is 105 Å². The van der Waals surface area contributed by atoms with Gasteiger partial charge in [-0.2, -0.15) is 5.26 Å². The zero-order valence-electron chi connectivity index (χ0n) is 24.6. The lowest BCUT2D eigenvalue weighted by Gasteiger charge is -2.33. The second kappa shape index (κ2) is 14.8. The van der Waals surface area contributed by atoms with Crippen molar-refractivity contribution in [3.63, 3.8) is 0 Å². The lowest BCUT2D eigenvalue weighted by Crippen LogP contribution is -2.46. The maximum absolute atomic E-state index is 9.77. The molecule has 5 rings (SSSR count). The zero-order chi connectivity index (χ0) is 29.1. The summed E-state index contributed by atoms with van der Waals surface area (Å²) in [5.74, 6) is 2.38. The molecule has 0 amide bonds. The molecule has 1 aromatic heterocycles. The average molecular weight is 573 g/mol. The lowest BCUT2D eigenvalue weighted by molar-refractivity contribution is 0.0254. The fourth-order valence-corrected chi connectivity index (χ4v) is 5.23. The van der Waals surface area contributed by atoms with Gasteiger partial charge in [0.25, 0.3) is 0 Å². The molecule has 10 heteroatoms. The monoisotopic (exact) mass is 572 g/mol. The Kier molecular flexibility index (Phi) is 10.4. The predicted molar refractivity (Wildman–Crippen MR) is 162 cm³/mol. The minimum atomic E-state index is 0.0617. The van der Waals surface area contributed by atoms with Crippen molar-refractivity contribution in [1.29, 1.82) is 5.26 Å². The van der Waals surface area contributed by atoms with Crippen molar-refractivity contribution in [2.45, 2.75) is 32.3 Å². The Morgan fingerprint density at radius 1 is 1.00 bits per heavy atom. The van der Waals surface area contributed by atoms with Crippen molar-refractivity contribution in [2.24, 2.45) is 0 Å². The van der Waals surface area contributed by atoms with Gasteiger partial charge in [-0.1, -0.05) is 6.92 Å². The van der Waals surface area contributed by atoms with Crippen LogP contribution in [0, 0.1) is 11.3 Å². The first-order valence-corrected chi connectivity index (χ1v) is 14.8. The third-order valence-electron chi connectivity index (χ3n) is 7.72. The molecule has 2 saturated heterocycles. The molecule has 3 aromatic rings. The number of benzene rings is 2. The summed E-state index contributed by atoms with van der Waals surface area (Å²) >= 11 is 0. The summed E-state index contributed by atoms with van der Waals surface area (Å²) in [4.78, 5) is 14.1. The van der Waals surface area contributed by atoms with Gasteiger partial charge in [0.15, 0.2) is 11.5 Å². The highest BCUT2D eigenvalue weighted by Crippen LogP contribution is 2.32. The van der Waals surface area contributed by atoms with Crippen LogP contribution in [-0.4, -0.2) is 92.1 Å². The Hall–Kier alpha value is -3.91. The van der Waals surface area contributed by atoms with E-state index in [4.69, 9.17) is 23.9 Å². The SMILES string of the molecule is CCN1CCN(CCCOc2cc(Nc3nccc(-c4ccc(OC5CCOCC5)c(C#N)c4)n3)ccc2OC)CC1. The average Bonchev–Trinajstić information content (AvgIpc) is 3.04. The summed E-state index contributed by atoms with van der Waals surface area (Å²) in [6, 6.07) is 15.4. The van der Waals surface area contributed by atoms with Crippen LogP contribution >= 0.6 is 0 Å². The number of methoxy groups -OCH3 is 1. The molecule has 42 heavy (non-hydrogen) atoms. The number of hydrogen-bond donors (Lipinski definition) is 1. The summed E-state index contributed by atoms with van der Waals surface area (Å²) < 4.78 is 23.2. The molecule has 2 aliphatic rings. The van der Waals surface area contributed by atoms with Gasteiger partial charge in [-0.25, -0.2) is 9.97 Å². The number of aromatic nitrogens is 2. The molecular formula is C32H40N6O4. The summed E-state index contributed by atoms with van der Waals surface area (Å²) in [5, 5.41) is 13.1. The van der Waals surface area contributed by atoms with Crippen molar-refractivity contribution in [3.05, 3.63) is 54.2 Å². The van der Waals surface area contributed by atoms with E-state index >= 15 is 0 Å². The van der Waals surface area contributed by atoms with Gasteiger partial charge in [-0.05, 0) is 49.4 Å². The molecule has 1 N–H and O–H groups in total. The Labute approximate surface area is 248 Å². The van der Waals surface area contributed by atoms with Crippen LogP contribution in [0.2, 0.25) is 0 Å². The van der Waals surface area contributed by atoms with Crippen molar-refractivity contribution < 1.29 is 18.9 Å². The molecule has 0 saturated carbocycles. The van der Waals surface area contributed by atoms with Gasteiger partial charge in [0, 0.05) is 69.1 Å². The molecule has 2 aromatic carbocycles. The normalized spacial score (nSPS) is 16.5. The molecule has 0 atom stereocenters. The van der Waals surface area contributed by atoms with Gasteiger partial charge in [-0.15, -0.1) is 0 Å². The van der Waals surface area contributed by atoms with Crippen LogP contribution in [0.1, 0.15) is 31.7 Å². The quantitative estimate of drug-likeness (QED) is 0.306. The van der Waals surface area contributed by atoms with E-state index in [1.54, 1.807) is 13.3 Å². The van der Waals surface area contributed by atoms with Crippen LogP contribution < -0.4 is 19.5 Å². The number of rotatable bonds is 12. The van der Waals surface area contributed by atoms with Crippen LogP contribution in [0.5, 0.6) is 17.2 Å². The van der Waals surface area contributed by atoms with E-state index in [-0.39, 0.29) is 6.10 Å². The van der Waals surface area contributed by atoms with E-state index in [0.717, 1.165) is 69.8 Å². The summed E-state index contributed by atoms with van der Waals surface area (Å²) in [5.41, 5.74) is 2.78.